The lowest BCUT2D eigenvalue weighted by Gasteiger charge is -2.21. The van der Waals surface area contributed by atoms with Gasteiger partial charge in [0.05, 0.1) is 29.2 Å². The number of anilines is 3. The van der Waals surface area contributed by atoms with Crippen LogP contribution in [0.4, 0.5) is 17.3 Å². The van der Waals surface area contributed by atoms with Crippen molar-refractivity contribution in [1.82, 2.24) is 15.3 Å². The zero-order valence-corrected chi connectivity index (χ0v) is 20.1. The lowest BCUT2D eigenvalue weighted by molar-refractivity contribution is 0.219. The molecule has 2 aliphatic rings. The van der Waals surface area contributed by atoms with Gasteiger partial charge in [0.1, 0.15) is 18.4 Å². The standard InChI is InChI=1S/C27H30N6O2/c1-17-3-6-24(35-10-9-29-20-4-5-20)23(11-17)33-26-30-8-7-22(32-26)18-12-19(14-28)25-21(13-18)27(2,16-34)15-31-25/h3,6-8,11-13,20,29,31,34H,4-5,9-10,15-16H2,1-2H3,(H,30,32,33). The number of nitrogens with one attached hydrogen (secondary N) is 3. The summed E-state index contributed by atoms with van der Waals surface area (Å²) in [7, 11) is 0. The fourth-order valence-corrected chi connectivity index (χ4v) is 4.34. The van der Waals surface area contributed by atoms with Crippen LogP contribution in [0.5, 0.6) is 5.75 Å². The molecule has 1 aliphatic carbocycles. The van der Waals surface area contributed by atoms with E-state index in [2.05, 4.69) is 27.0 Å². The van der Waals surface area contributed by atoms with Crippen molar-refractivity contribution in [1.29, 1.82) is 5.26 Å². The molecule has 3 aromatic rings. The molecule has 8 heteroatoms. The summed E-state index contributed by atoms with van der Waals surface area (Å²) in [6, 6.07) is 14.6. The molecule has 1 aliphatic heterocycles. The van der Waals surface area contributed by atoms with Gasteiger partial charge in [0.15, 0.2) is 0 Å². The predicted molar refractivity (Wildman–Crippen MR) is 136 cm³/mol. The Hall–Kier alpha value is -3.67. The van der Waals surface area contributed by atoms with Gasteiger partial charge in [-0.05, 0) is 61.2 Å². The van der Waals surface area contributed by atoms with Gasteiger partial charge in [-0.25, -0.2) is 9.97 Å². The molecule has 1 saturated carbocycles. The van der Waals surface area contributed by atoms with E-state index in [0.717, 1.165) is 40.4 Å². The molecule has 2 heterocycles. The first-order valence-corrected chi connectivity index (χ1v) is 12.0. The van der Waals surface area contributed by atoms with Crippen LogP contribution in [0.15, 0.2) is 42.6 Å². The molecule has 35 heavy (non-hydrogen) atoms. The van der Waals surface area contributed by atoms with E-state index in [4.69, 9.17) is 9.72 Å². The van der Waals surface area contributed by atoms with Gasteiger partial charge in [-0.2, -0.15) is 5.26 Å². The van der Waals surface area contributed by atoms with Crippen LogP contribution >= 0.6 is 0 Å². The number of rotatable bonds is 9. The van der Waals surface area contributed by atoms with Crippen LogP contribution < -0.4 is 20.7 Å². The van der Waals surface area contributed by atoms with Crippen LogP contribution in [0.2, 0.25) is 0 Å². The molecule has 0 radical (unpaired) electrons. The average Bonchev–Trinajstić information content (AvgIpc) is 3.64. The predicted octanol–water partition coefficient (Wildman–Crippen LogP) is 3.87. The maximum absolute atomic E-state index is 9.99. The van der Waals surface area contributed by atoms with Gasteiger partial charge in [-0.1, -0.05) is 13.0 Å². The Bertz CT molecular complexity index is 1280. The van der Waals surface area contributed by atoms with Crippen molar-refractivity contribution >= 4 is 17.3 Å². The number of aryl methyl sites for hydroxylation is 1. The van der Waals surface area contributed by atoms with Crippen molar-refractivity contribution in [2.24, 2.45) is 0 Å². The summed E-state index contributed by atoms with van der Waals surface area (Å²) < 4.78 is 6.03. The molecule has 0 amide bonds. The van der Waals surface area contributed by atoms with E-state index in [1.165, 1.54) is 12.8 Å². The second-order valence-electron chi connectivity index (χ2n) is 9.60. The van der Waals surface area contributed by atoms with Crippen molar-refractivity contribution < 1.29 is 9.84 Å². The van der Waals surface area contributed by atoms with E-state index in [1.54, 1.807) is 6.20 Å². The number of aliphatic hydroxyl groups is 1. The summed E-state index contributed by atoms with van der Waals surface area (Å²) in [5, 5.41) is 29.8. The Morgan fingerprint density at radius 3 is 2.89 bits per heavy atom. The Morgan fingerprint density at radius 2 is 2.11 bits per heavy atom. The highest BCUT2D eigenvalue weighted by Gasteiger charge is 2.36. The summed E-state index contributed by atoms with van der Waals surface area (Å²) in [6.45, 7) is 5.98. The third-order valence-corrected chi connectivity index (χ3v) is 6.62. The summed E-state index contributed by atoms with van der Waals surface area (Å²) in [5.74, 6) is 1.19. The number of aliphatic hydroxyl groups excluding tert-OH is 1. The molecule has 0 saturated heterocycles. The molecule has 1 fully saturated rings. The lowest BCUT2D eigenvalue weighted by Crippen LogP contribution is -2.28. The number of fused-ring (bicyclic) bond motifs is 1. The number of ether oxygens (including phenoxy) is 1. The number of hydrogen-bond donors (Lipinski definition) is 4. The molecule has 1 atom stereocenters. The van der Waals surface area contributed by atoms with Gasteiger partial charge in [-0.15, -0.1) is 0 Å². The van der Waals surface area contributed by atoms with Crippen molar-refractivity contribution in [3.8, 4) is 23.1 Å². The molecule has 2 aromatic carbocycles. The molecular weight excluding hydrogens is 440 g/mol. The normalized spacial score (nSPS) is 18.5. The van der Waals surface area contributed by atoms with E-state index < -0.39 is 5.41 Å². The first-order chi connectivity index (χ1) is 17.0. The molecule has 0 spiro atoms. The van der Waals surface area contributed by atoms with Gasteiger partial charge >= 0.3 is 0 Å². The fourth-order valence-electron chi connectivity index (χ4n) is 4.34. The van der Waals surface area contributed by atoms with Crippen LogP contribution in [0, 0.1) is 18.3 Å². The summed E-state index contributed by atoms with van der Waals surface area (Å²) in [6.07, 6.45) is 4.20. The largest absolute Gasteiger partial charge is 0.490 e. The molecule has 8 nitrogen and oxygen atoms in total. The highest BCUT2D eigenvalue weighted by atomic mass is 16.5. The maximum atomic E-state index is 9.99. The minimum Gasteiger partial charge on any atom is -0.490 e. The minimum absolute atomic E-state index is 0.00971. The third kappa shape index (κ3) is 4.92. The van der Waals surface area contributed by atoms with E-state index in [1.807, 2.05) is 50.2 Å². The Balaban J connectivity index is 1.40. The van der Waals surface area contributed by atoms with Crippen molar-refractivity contribution in [3.05, 3.63) is 59.3 Å². The summed E-state index contributed by atoms with van der Waals surface area (Å²) >= 11 is 0. The van der Waals surface area contributed by atoms with Gasteiger partial charge in [0.25, 0.3) is 0 Å². The van der Waals surface area contributed by atoms with Crippen LogP contribution in [0.3, 0.4) is 0 Å². The topological polar surface area (TPSA) is 115 Å². The fraction of sp³-hybridized carbons (Fsp3) is 0.370. The Morgan fingerprint density at radius 1 is 1.26 bits per heavy atom. The average molecular weight is 471 g/mol. The molecule has 5 rings (SSSR count). The lowest BCUT2D eigenvalue weighted by atomic mass is 9.83. The molecule has 1 unspecified atom stereocenters. The minimum atomic E-state index is -0.451. The van der Waals surface area contributed by atoms with Crippen molar-refractivity contribution in [3.63, 3.8) is 0 Å². The second kappa shape index (κ2) is 9.53. The number of aromatic nitrogens is 2. The highest BCUT2D eigenvalue weighted by Crippen LogP contribution is 2.41. The van der Waals surface area contributed by atoms with Gasteiger partial charge in [0, 0.05) is 36.3 Å². The zero-order valence-electron chi connectivity index (χ0n) is 20.1. The molecule has 180 valence electrons. The first-order valence-electron chi connectivity index (χ1n) is 12.0. The number of nitriles is 1. The van der Waals surface area contributed by atoms with E-state index in [0.29, 0.717) is 36.4 Å². The van der Waals surface area contributed by atoms with Crippen LogP contribution in [0.25, 0.3) is 11.3 Å². The monoisotopic (exact) mass is 470 g/mol. The van der Waals surface area contributed by atoms with Crippen LogP contribution in [-0.4, -0.2) is 47.4 Å². The quantitative estimate of drug-likeness (QED) is 0.349. The first kappa shape index (κ1) is 23.1. The summed E-state index contributed by atoms with van der Waals surface area (Å²) in [4.78, 5) is 9.14. The van der Waals surface area contributed by atoms with Crippen molar-refractivity contribution in [2.75, 3.05) is 36.9 Å². The number of benzene rings is 2. The third-order valence-electron chi connectivity index (χ3n) is 6.62. The Kier molecular flexibility index (Phi) is 6.29. The molecule has 4 N–H and O–H groups in total. The second-order valence-corrected chi connectivity index (χ2v) is 9.60. The highest BCUT2D eigenvalue weighted by molar-refractivity contribution is 5.76. The van der Waals surface area contributed by atoms with Crippen LogP contribution in [-0.2, 0) is 5.41 Å². The van der Waals surface area contributed by atoms with E-state index >= 15 is 0 Å². The summed E-state index contributed by atoms with van der Waals surface area (Å²) in [5.41, 5.74) is 5.20. The Labute approximate surface area is 205 Å². The van der Waals surface area contributed by atoms with Gasteiger partial charge < -0.3 is 25.8 Å². The van der Waals surface area contributed by atoms with Gasteiger partial charge in [-0.3, -0.25) is 0 Å². The van der Waals surface area contributed by atoms with E-state index in [9.17, 15) is 10.4 Å². The molecule has 1 aromatic heterocycles. The maximum Gasteiger partial charge on any atom is 0.227 e. The SMILES string of the molecule is Cc1ccc(OCCNC2CC2)c(Nc2nccc(-c3cc(C#N)c4c(c3)C(C)(CO)CN4)n2)c1. The smallest absolute Gasteiger partial charge is 0.227 e. The zero-order chi connectivity index (χ0) is 24.4. The van der Waals surface area contributed by atoms with Crippen LogP contribution in [0.1, 0.15) is 36.5 Å². The van der Waals surface area contributed by atoms with E-state index in [-0.39, 0.29) is 6.61 Å². The number of hydrogen-bond acceptors (Lipinski definition) is 8. The molecular formula is C27H30N6O2. The molecule has 0 bridgehead atoms. The van der Waals surface area contributed by atoms with Crippen molar-refractivity contribution in [2.45, 2.75) is 38.1 Å². The number of nitrogens with zero attached hydrogens (tertiary/aromatic N) is 3. The van der Waals surface area contributed by atoms with Gasteiger partial charge in [0.2, 0.25) is 5.95 Å².